The third-order valence-corrected chi connectivity index (χ3v) is 3.74. The number of aryl methyl sites for hydroxylation is 1. The molecule has 2 rings (SSSR count). The van der Waals surface area contributed by atoms with E-state index in [9.17, 15) is 4.79 Å². The number of anilines is 2. The first-order valence-electron chi connectivity index (χ1n) is 6.16. The maximum atomic E-state index is 12.3. The number of halogens is 2. The van der Waals surface area contributed by atoms with Crippen LogP contribution in [0.5, 0.6) is 0 Å². The van der Waals surface area contributed by atoms with Crippen LogP contribution < -0.4 is 11.1 Å². The fraction of sp³-hybridized carbons (Fsp3) is 0.133. The molecule has 1 amide bonds. The van der Waals surface area contributed by atoms with E-state index in [1.165, 1.54) is 12.1 Å². The highest BCUT2D eigenvalue weighted by Crippen LogP contribution is 2.29. The van der Waals surface area contributed by atoms with Gasteiger partial charge in [0.2, 0.25) is 0 Å². The van der Waals surface area contributed by atoms with Crippen LogP contribution in [0.4, 0.5) is 11.4 Å². The quantitative estimate of drug-likeness (QED) is 0.826. The number of nitrogens with two attached hydrogens (primary N) is 1. The number of carbonyl (C=O) groups excluding carboxylic acids is 1. The molecule has 0 saturated carbocycles. The van der Waals surface area contributed by atoms with E-state index in [2.05, 4.69) is 5.32 Å². The monoisotopic (exact) mass is 308 g/mol. The standard InChI is InChI=1S/C15H14Cl2N2O/c1-2-9-5-3-4-6-13(9)19-15(20)11-7-10(18)8-12(16)14(11)17/h3-8H,2,18H2,1H3,(H,19,20). The van der Waals surface area contributed by atoms with Gasteiger partial charge in [-0.3, -0.25) is 4.79 Å². The highest BCUT2D eigenvalue weighted by Gasteiger charge is 2.15. The Bertz CT molecular complexity index is 656. The van der Waals surface area contributed by atoms with E-state index in [0.717, 1.165) is 17.7 Å². The molecule has 2 aromatic rings. The zero-order valence-electron chi connectivity index (χ0n) is 10.9. The van der Waals surface area contributed by atoms with Crippen LogP contribution in [-0.4, -0.2) is 5.91 Å². The number of para-hydroxylation sites is 1. The Labute approximate surface area is 127 Å². The molecule has 2 aromatic carbocycles. The molecule has 0 saturated heterocycles. The molecule has 104 valence electrons. The van der Waals surface area contributed by atoms with Gasteiger partial charge in [0.05, 0.1) is 15.6 Å². The number of hydrogen-bond donors (Lipinski definition) is 2. The molecule has 0 atom stereocenters. The molecular formula is C15H14Cl2N2O. The maximum absolute atomic E-state index is 12.3. The summed E-state index contributed by atoms with van der Waals surface area (Å²) in [5.41, 5.74) is 8.16. The number of carbonyl (C=O) groups is 1. The van der Waals surface area contributed by atoms with Gasteiger partial charge >= 0.3 is 0 Å². The molecular weight excluding hydrogens is 295 g/mol. The number of nitrogen functional groups attached to an aromatic ring is 1. The third-order valence-electron chi connectivity index (χ3n) is 2.94. The Kier molecular flexibility index (Phi) is 4.53. The summed E-state index contributed by atoms with van der Waals surface area (Å²) in [5, 5.41) is 3.30. The summed E-state index contributed by atoms with van der Waals surface area (Å²) in [6, 6.07) is 10.6. The summed E-state index contributed by atoms with van der Waals surface area (Å²) in [5.74, 6) is -0.329. The van der Waals surface area contributed by atoms with Crippen molar-refractivity contribution in [3.63, 3.8) is 0 Å². The van der Waals surface area contributed by atoms with Crippen LogP contribution in [-0.2, 0) is 6.42 Å². The van der Waals surface area contributed by atoms with Crippen molar-refractivity contribution in [3.05, 3.63) is 57.6 Å². The smallest absolute Gasteiger partial charge is 0.257 e. The number of rotatable bonds is 3. The first-order chi connectivity index (χ1) is 9.52. The SMILES string of the molecule is CCc1ccccc1NC(=O)c1cc(N)cc(Cl)c1Cl. The zero-order chi connectivity index (χ0) is 14.7. The second-order valence-electron chi connectivity index (χ2n) is 4.33. The summed E-state index contributed by atoms with van der Waals surface area (Å²) >= 11 is 12.0. The van der Waals surface area contributed by atoms with Crippen molar-refractivity contribution in [2.45, 2.75) is 13.3 Å². The molecule has 5 heteroatoms. The van der Waals surface area contributed by atoms with Gasteiger partial charge in [-0.05, 0) is 30.2 Å². The Morgan fingerprint density at radius 1 is 1.25 bits per heavy atom. The molecule has 0 bridgehead atoms. The van der Waals surface area contributed by atoms with Crippen LogP contribution in [0.25, 0.3) is 0 Å². The van der Waals surface area contributed by atoms with Gasteiger partial charge in [-0.2, -0.15) is 0 Å². The predicted molar refractivity (Wildman–Crippen MR) is 84.6 cm³/mol. The second kappa shape index (κ2) is 6.16. The summed E-state index contributed by atoms with van der Waals surface area (Å²) in [7, 11) is 0. The Morgan fingerprint density at radius 2 is 1.95 bits per heavy atom. The minimum Gasteiger partial charge on any atom is -0.399 e. The van der Waals surface area contributed by atoms with E-state index < -0.39 is 0 Å². The average Bonchev–Trinajstić information content (AvgIpc) is 2.43. The van der Waals surface area contributed by atoms with Crippen molar-refractivity contribution in [2.24, 2.45) is 0 Å². The average molecular weight is 309 g/mol. The summed E-state index contributed by atoms with van der Waals surface area (Å²) in [6.45, 7) is 2.02. The molecule has 0 unspecified atom stereocenters. The van der Waals surface area contributed by atoms with Crippen molar-refractivity contribution in [1.82, 2.24) is 0 Å². The van der Waals surface area contributed by atoms with Gasteiger partial charge in [0.25, 0.3) is 5.91 Å². The van der Waals surface area contributed by atoms with Gasteiger partial charge in [0.15, 0.2) is 0 Å². The van der Waals surface area contributed by atoms with Crippen molar-refractivity contribution in [3.8, 4) is 0 Å². The zero-order valence-corrected chi connectivity index (χ0v) is 12.4. The summed E-state index contributed by atoms with van der Waals surface area (Å²) in [6.07, 6.45) is 0.821. The van der Waals surface area contributed by atoms with Crippen molar-refractivity contribution >= 4 is 40.5 Å². The molecule has 0 aliphatic rings. The summed E-state index contributed by atoms with van der Waals surface area (Å²) in [4.78, 5) is 12.3. The van der Waals surface area contributed by atoms with E-state index in [4.69, 9.17) is 28.9 Å². The van der Waals surface area contributed by atoms with E-state index in [1.54, 1.807) is 0 Å². The normalized spacial score (nSPS) is 10.3. The fourth-order valence-corrected chi connectivity index (χ4v) is 2.34. The number of hydrogen-bond acceptors (Lipinski definition) is 2. The van der Waals surface area contributed by atoms with Gasteiger partial charge in [0.1, 0.15) is 0 Å². The van der Waals surface area contributed by atoms with Crippen LogP contribution in [0.2, 0.25) is 10.0 Å². The van der Waals surface area contributed by atoms with Crippen molar-refractivity contribution in [1.29, 1.82) is 0 Å². The number of amides is 1. The topological polar surface area (TPSA) is 55.1 Å². The Morgan fingerprint density at radius 3 is 2.65 bits per heavy atom. The van der Waals surface area contributed by atoms with Crippen molar-refractivity contribution in [2.75, 3.05) is 11.1 Å². The van der Waals surface area contributed by atoms with E-state index in [1.807, 2.05) is 31.2 Å². The van der Waals surface area contributed by atoms with Crippen LogP contribution in [0, 0.1) is 0 Å². The lowest BCUT2D eigenvalue weighted by molar-refractivity contribution is 0.102. The van der Waals surface area contributed by atoms with Gasteiger partial charge in [0, 0.05) is 11.4 Å². The molecule has 0 heterocycles. The molecule has 3 nitrogen and oxygen atoms in total. The molecule has 0 spiro atoms. The van der Waals surface area contributed by atoms with Crippen LogP contribution >= 0.6 is 23.2 Å². The number of benzene rings is 2. The number of nitrogens with one attached hydrogen (secondary N) is 1. The van der Waals surface area contributed by atoms with Gasteiger partial charge < -0.3 is 11.1 Å². The highest BCUT2D eigenvalue weighted by atomic mass is 35.5. The predicted octanol–water partition coefficient (Wildman–Crippen LogP) is 4.39. The van der Waals surface area contributed by atoms with Crippen LogP contribution in [0.15, 0.2) is 36.4 Å². The lowest BCUT2D eigenvalue weighted by Crippen LogP contribution is -2.14. The fourth-order valence-electron chi connectivity index (χ4n) is 1.92. The Hall–Kier alpha value is -1.71. The lowest BCUT2D eigenvalue weighted by atomic mass is 10.1. The molecule has 0 radical (unpaired) electrons. The molecule has 0 fully saturated rings. The summed E-state index contributed by atoms with van der Waals surface area (Å²) < 4.78 is 0. The van der Waals surface area contributed by atoms with E-state index in [-0.39, 0.29) is 21.5 Å². The molecule has 0 aliphatic carbocycles. The molecule has 20 heavy (non-hydrogen) atoms. The van der Waals surface area contributed by atoms with Crippen molar-refractivity contribution < 1.29 is 4.79 Å². The van der Waals surface area contributed by atoms with Gasteiger partial charge in [-0.1, -0.05) is 48.3 Å². The first kappa shape index (κ1) is 14.7. The van der Waals surface area contributed by atoms with Crippen LogP contribution in [0.3, 0.4) is 0 Å². The highest BCUT2D eigenvalue weighted by molar-refractivity contribution is 6.44. The first-order valence-corrected chi connectivity index (χ1v) is 6.92. The minimum atomic E-state index is -0.329. The van der Waals surface area contributed by atoms with E-state index in [0.29, 0.717) is 5.69 Å². The van der Waals surface area contributed by atoms with E-state index >= 15 is 0 Å². The minimum absolute atomic E-state index is 0.201. The molecule has 0 aromatic heterocycles. The molecule has 3 N–H and O–H groups in total. The molecule has 0 aliphatic heterocycles. The van der Waals surface area contributed by atoms with Gasteiger partial charge in [-0.15, -0.1) is 0 Å². The second-order valence-corrected chi connectivity index (χ2v) is 5.11. The maximum Gasteiger partial charge on any atom is 0.257 e. The van der Waals surface area contributed by atoms with Gasteiger partial charge in [-0.25, -0.2) is 0 Å². The largest absolute Gasteiger partial charge is 0.399 e. The van der Waals surface area contributed by atoms with Crippen LogP contribution in [0.1, 0.15) is 22.8 Å². The Balaban J connectivity index is 2.33. The third kappa shape index (κ3) is 3.06. The lowest BCUT2D eigenvalue weighted by Gasteiger charge is -2.11.